The second kappa shape index (κ2) is 6.75. The van der Waals surface area contributed by atoms with Crippen LogP contribution in [0, 0.1) is 5.92 Å². The molecule has 0 unspecified atom stereocenters. The number of likely N-dealkylation sites (tertiary alicyclic amines) is 1. The molecule has 0 N–H and O–H groups in total. The van der Waals surface area contributed by atoms with Crippen molar-refractivity contribution in [1.29, 1.82) is 0 Å². The van der Waals surface area contributed by atoms with E-state index >= 15 is 0 Å². The summed E-state index contributed by atoms with van der Waals surface area (Å²) in [6.07, 6.45) is 3.79. The van der Waals surface area contributed by atoms with E-state index in [4.69, 9.17) is 0 Å². The van der Waals surface area contributed by atoms with Crippen molar-refractivity contribution in [2.24, 2.45) is 5.92 Å². The Morgan fingerprint density at radius 2 is 2.05 bits per heavy atom. The van der Waals surface area contributed by atoms with Gasteiger partial charge in [-0.05, 0) is 17.5 Å². The molecule has 3 rings (SSSR count). The van der Waals surface area contributed by atoms with Crippen molar-refractivity contribution >= 4 is 5.91 Å². The molecule has 3 heterocycles. The minimum atomic E-state index is 0.206. The van der Waals surface area contributed by atoms with E-state index in [2.05, 4.69) is 27.8 Å². The number of aromatic nitrogens is 1. The standard InChI is InChI=1S/C17H26N4O/c1-14-11-19(12-16-4-3-5-18-10-16)13-17(14)21-8-6-20(7-9-21)15(2)22/h3-5,10,14,17H,6-9,11-13H2,1-2H3/t14-,17-/m0/s1. The second-order valence-electron chi connectivity index (χ2n) is 6.64. The minimum absolute atomic E-state index is 0.206. The van der Waals surface area contributed by atoms with Gasteiger partial charge in [-0.2, -0.15) is 0 Å². The summed E-state index contributed by atoms with van der Waals surface area (Å²) in [6, 6.07) is 4.77. The molecule has 0 bridgehead atoms. The normalized spacial score (nSPS) is 27.3. The van der Waals surface area contributed by atoms with Gasteiger partial charge in [0.15, 0.2) is 0 Å². The van der Waals surface area contributed by atoms with Crippen LogP contribution in [0.15, 0.2) is 24.5 Å². The van der Waals surface area contributed by atoms with Crippen LogP contribution in [0.3, 0.4) is 0 Å². The molecule has 5 nitrogen and oxygen atoms in total. The monoisotopic (exact) mass is 302 g/mol. The lowest BCUT2D eigenvalue weighted by molar-refractivity contribution is -0.130. The van der Waals surface area contributed by atoms with Gasteiger partial charge in [-0.15, -0.1) is 0 Å². The third kappa shape index (κ3) is 3.47. The number of carbonyl (C=O) groups excluding carboxylic acids is 1. The average molecular weight is 302 g/mol. The summed E-state index contributed by atoms with van der Waals surface area (Å²) in [5, 5.41) is 0. The lowest BCUT2D eigenvalue weighted by Crippen LogP contribution is -2.53. The molecule has 0 aromatic carbocycles. The molecule has 1 amide bonds. The molecule has 5 heteroatoms. The van der Waals surface area contributed by atoms with Crippen molar-refractivity contribution in [3.63, 3.8) is 0 Å². The predicted molar refractivity (Wildman–Crippen MR) is 86.3 cm³/mol. The third-order valence-electron chi connectivity index (χ3n) is 5.01. The topological polar surface area (TPSA) is 39.7 Å². The van der Waals surface area contributed by atoms with Crippen molar-refractivity contribution in [3.8, 4) is 0 Å². The van der Waals surface area contributed by atoms with E-state index in [-0.39, 0.29) is 5.91 Å². The van der Waals surface area contributed by atoms with E-state index in [0.29, 0.717) is 12.0 Å². The molecule has 120 valence electrons. The Hall–Kier alpha value is -1.46. The number of amides is 1. The number of rotatable bonds is 3. The third-order valence-corrected chi connectivity index (χ3v) is 5.01. The first kappa shape index (κ1) is 15.4. The van der Waals surface area contributed by atoms with Gasteiger partial charge in [0.25, 0.3) is 0 Å². The largest absolute Gasteiger partial charge is 0.340 e. The summed E-state index contributed by atoms with van der Waals surface area (Å²) in [6.45, 7) is 11.0. The van der Waals surface area contributed by atoms with Crippen LogP contribution in [-0.4, -0.2) is 70.9 Å². The fraction of sp³-hybridized carbons (Fsp3) is 0.647. The van der Waals surface area contributed by atoms with Gasteiger partial charge < -0.3 is 4.90 Å². The highest BCUT2D eigenvalue weighted by molar-refractivity contribution is 5.73. The first-order chi connectivity index (χ1) is 10.6. The number of piperazine rings is 1. The Morgan fingerprint density at radius 1 is 1.27 bits per heavy atom. The van der Waals surface area contributed by atoms with E-state index in [0.717, 1.165) is 45.8 Å². The Labute approximate surface area is 132 Å². The Balaban J connectivity index is 1.54. The van der Waals surface area contributed by atoms with E-state index in [1.54, 1.807) is 6.92 Å². The molecule has 0 saturated carbocycles. The van der Waals surface area contributed by atoms with Gasteiger partial charge in [-0.25, -0.2) is 0 Å². The lowest BCUT2D eigenvalue weighted by atomic mass is 10.0. The Bertz CT molecular complexity index is 499. The molecule has 2 fully saturated rings. The zero-order chi connectivity index (χ0) is 15.5. The molecule has 2 aliphatic heterocycles. The van der Waals surface area contributed by atoms with Crippen molar-refractivity contribution in [2.45, 2.75) is 26.4 Å². The van der Waals surface area contributed by atoms with Gasteiger partial charge in [-0.1, -0.05) is 13.0 Å². The molecule has 22 heavy (non-hydrogen) atoms. The first-order valence-corrected chi connectivity index (χ1v) is 8.24. The van der Waals surface area contributed by atoms with E-state index in [1.807, 2.05) is 23.4 Å². The summed E-state index contributed by atoms with van der Waals surface area (Å²) in [5.41, 5.74) is 1.29. The van der Waals surface area contributed by atoms with Crippen LogP contribution in [0.5, 0.6) is 0 Å². The van der Waals surface area contributed by atoms with Gasteiger partial charge in [0, 0.05) is 71.2 Å². The number of hydrogen-bond donors (Lipinski definition) is 0. The summed E-state index contributed by atoms with van der Waals surface area (Å²) < 4.78 is 0. The quantitative estimate of drug-likeness (QED) is 0.837. The molecular formula is C17H26N4O. The SMILES string of the molecule is CC(=O)N1CCN([C@H]2CN(Cc3cccnc3)C[C@@H]2C)CC1. The Kier molecular flexibility index (Phi) is 4.74. The van der Waals surface area contributed by atoms with Crippen LogP contribution >= 0.6 is 0 Å². The molecule has 1 aromatic rings. The van der Waals surface area contributed by atoms with Gasteiger partial charge in [0.05, 0.1) is 0 Å². The van der Waals surface area contributed by atoms with Crippen molar-refractivity contribution in [1.82, 2.24) is 19.7 Å². The molecule has 2 atom stereocenters. The van der Waals surface area contributed by atoms with E-state index < -0.39 is 0 Å². The van der Waals surface area contributed by atoms with Gasteiger partial charge in [0.2, 0.25) is 5.91 Å². The average Bonchev–Trinajstić information content (AvgIpc) is 2.89. The second-order valence-corrected chi connectivity index (χ2v) is 6.64. The van der Waals surface area contributed by atoms with Gasteiger partial charge in [0.1, 0.15) is 0 Å². The maximum Gasteiger partial charge on any atom is 0.219 e. The summed E-state index contributed by atoms with van der Waals surface area (Å²) in [5.74, 6) is 0.887. The molecule has 2 aliphatic rings. The number of nitrogens with zero attached hydrogens (tertiary/aromatic N) is 4. The highest BCUT2D eigenvalue weighted by Gasteiger charge is 2.35. The van der Waals surface area contributed by atoms with Crippen molar-refractivity contribution in [2.75, 3.05) is 39.3 Å². The van der Waals surface area contributed by atoms with Crippen molar-refractivity contribution < 1.29 is 4.79 Å². The first-order valence-electron chi connectivity index (χ1n) is 8.24. The van der Waals surface area contributed by atoms with E-state index in [9.17, 15) is 4.79 Å². The number of carbonyl (C=O) groups is 1. The molecular weight excluding hydrogens is 276 g/mol. The zero-order valence-electron chi connectivity index (χ0n) is 13.6. The summed E-state index contributed by atoms with van der Waals surface area (Å²) >= 11 is 0. The van der Waals surface area contributed by atoms with Gasteiger partial charge >= 0.3 is 0 Å². The summed E-state index contributed by atoms with van der Waals surface area (Å²) in [4.78, 5) is 22.7. The summed E-state index contributed by atoms with van der Waals surface area (Å²) in [7, 11) is 0. The minimum Gasteiger partial charge on any atom is -0.340 e. The van der Waals surface area contributed by atoms with Crippen LogP contribution in [-0.2, 0) is 11.3 Å². The van der Waals surface area contributed by atoms with Crippen LogP contribution < -0.4 is 0 Å². The van der Waals surface area contributed by atoms with Crippen LogP contribution in [0.1, 0.15) is 19.4 Å². The predicted octanol–water partition coefficient (Wildman–Crippen LogP) is 1.07. The molecule has 2 saturated heterocycles. The van der Waals surface area contributed by atoms with Crippen LogP contribution in [0.25, 0.3) is 0 Å². The zero-order valence-corrected chi connectivity index (χ0v) is 13.6. The number of hydrogen-bond acceptors (Lipinski definition) is 4. The maximum atomic E-state index is 11.4. The molecule has 1 aromatic heterocycles. The van der Waals surface area contributed by atoms with Crippen LogP contribution in [0.2, 0.25) is 0 Å². The molecule has 0 radical (unpaired) electrons. The molecule has 0 spiro atoms. The van der Waals surface area contributed by atoms with Crippen LogP contribution in [0.4, 0.5) is 0 Å². The van der Waals surface area contributed by atoms with Gasteiger partial charge in [-0.3, -0.25) is 19.6 Å². The van der Waals surface area contributed by atoms with E-state index in [1.165, 1.54) is 5.56 Å². The smallest absolute Gasteiger partial charge is 0.219 e. The Morgan fingerprint density at radius 3 is 2.68 bits per heavy atom. The lowest BCUT2D eigenvalue weighted by Gasteiger charge is -2.39. The maximum absolute atomic E-state index is 11.4. The highest BCUT2D eigenvalue weighted by Crippen LogP contribution is 2.24. The fourth-order valence-corrected chi connectivity index (χ4v) is 3.77. The fourth-order valence-electron chi connectivity index (χ4n) is 3.77. The number of pyridine rings is 1. The molecule has 0 aliphatic carbocycles. The highest BCUT2D eigenvalue weighted by atomic mass is 16.2. The van der Waals surface area contributed by atoms with Crippen molar-refractivity contribution in [3.05, 3.63) is 30.1 Å².